The number of aliphatic carboxylic acids is 1. The summed E-state index contributed by atoms with van der Waals surface area (Å²) in [5.41, 5.74) is 1.05. The second-order valence-corrected chi connectivity index (χ2v) is 5.94. The van der Waals surface area contributed by atoms with E-state index in [0.29, 0.717) is 13.1 Å². The van der Waals surface area contributed by atoms with Crippen molar-refractivity contribution in [2.24, 2.45) is 5.92 Å². The lowest BCUT2D eigenvalue weighted by atomic mass is 10.0. The highest BCUT2D eigenvalue weighted by atomic mass is 16.4. The van der Waals surface area contributed by atoms with E-state index in [1.165, 1.54) is 0 Å². The minimum atomic E-state index is -0.717. The molecule has 1 atom stereocenters. The lowest BCUT2D eigenvalue weighted by molar-refractivity contribution is -0.141. The zero-order valence-electron chi connectivity index (χ0n) is 11.8. The molecule has 104 valence electrons. The number of carboxylic acid groups (broad SMARTS) is 1. The van der Waals surface area contributed by atoms with Gasteiger partial charge < -0.3 is 10.0 Å². The standard InChI is InChI=1S/C15H22N2O2/c1-15(2)11-17(13-7-5-4-6-8-13)10-12(14(18)19)9-16(15)3/h4-8,12H,9-11H2,1-3H3,(H,18,19). The zero-order valence-corrected chi connectivity index (χ0v) is 11.8. The molecule has 4 heteroatoms. The molecule has 19 heavy (non-hydrogen) atoms. The van der Waals surface area contributed by atoms with Crippen LogP contribution in [0.2, 0.25) is 0 Å². The van der Waals surface area contributed by atoms with E-state index in [9.17, 15) is 9.90 Å². The fraction of sp³-hybridized carbons (Fsp3) is 0.533. The molecule has 1 fully saturated rings. The number of anilines is 1. The topological polar surface area (TPSA) is 43.8 Å². The zero-order chi connectivity index (χ0) is 14.0. The summed E-state index contributed by atoms with van der Waals surface area (Å²) in [6, 6.07) is 10.0. The van der Waals surface area contributed by atoms with Crippen molar-refractivity contribution in [2.75, 3.05) is 31.6 Å². The number of para-hydroxylation sites is 1. The van der Waals surface area contributed by atoms with E-state index in [2.05, 4.69) is 23.6 Å². The molecule has 1 aromatic rings. The predicted octanol–water partition coefficient (Wildman–Crippen LogP) is 1.92. The van der Waals surface area contributed by atoms with E-state index < -0.39 is 5.97 Å². The lowest BCUT2D eigenvalue weighted by Gasteiger charge is -2.36. The highest BCUT2D eigenvalue weighted by molar-refractivity contribution is 5.71. The number of benzene rings is 1. The molecule has 0 spiro atoms. The van der Waals surface area contributed by atoms with E-state index in [0.717, 1.165) is 12.2 Å². The van der Waals surface area contributed by atoms with Crippen molar-refractivity contribution in [3.63, 3.8) is 0 Å². The van der Waals surface area contributed by atoms with Crippen LogP contribution < -0.4 is 4.90 Å². The Hall–Kier alpha value is -1.55. The molecule has 0 amide bonds. The fourth-order valence-electron chi connectivity index (χ4n) is 2.55. The third-order valence-electron chi connectivity index (χ3n) is 4.02. The Balaban J connectivity index is 2.29. The summed E-state index contributed by atoms with van der Waals surface area (Å²) < 4.78 is 0. The first kappa shape index (κ1) is 13.9. The van der Waals surface area contributed by atoms with Crippen molar-refractivity contribution in [1.82, 2.24) is 4.90 Å². The van der Waals surface area contributed by atoms with Gasteiger partial charge in [0, 0.05) is 30.9 Å². The Morgan fingerprint density at radius 3 is 2.47 bits per heavy atom. The normalized spacial score (nSPS) is 23.9. The van der Waals surface area contributed by atoms with Gasteiger partial charge in [0.05, 0.1) is 5.92 Å². The Labute approximate surface area is 114 Å². The van der Waals surface area contributed by atoms with Gasteiger partial charge in [0.1, 0.15) is 0 Å². The van der Waals surface area contributed by atoms with Crippen molar-refractivity contribution in [3.05, 3.63) is 30.3 Å². The average molecular weight is 262 g/mol. The van der Waals surface area contributed by atoms with E-state index in [1.807, 2.05) is 37.4 Å². The highest BCUT2D eigenvalue weighted by Gasteiger charge is 2.35. The van der Waals surface area contributed by atoms with Crippen LogP contribution in [0.4, 0.5) is 5.69 Å². The van der Waals surface area contributed by atoms with Crippen LogP contribution in [0.3, 0.4) is 0 Å². The molecule has 0 bridgehead atoms. The van der Waals surface area contributed by atoms with Gasteiger partial charge in [-0.25, -0.2) is 0 Å². The summed E-state index contributed by atoms with van der Waals surface area (Å²) in [6.07, 6.45) is 0. The van der Waals surface area contributed by atoms with E-state index in [1.54, 1.807) is 0 Å². The lowest BCUT2D eigenvalue weighted by Crippen LogP contribution is -2.47. The Bertz CT molecular complexity index is 445. The number of rotatable bonds is 2. The van der Waals surface area contributed by atoms with Gasteiger partial charge >= 0.3 is 5.97 Å². The number of hydrogen-bond donors (Lipinski definition) is 1. The maximum Gasteiger partial charge on any atom is 0.309 e. The van der Waals surface area contributed by atoms with Crippen LogP contribution in [0.5, 0.6) is 0 Å². The third kappa shape index (κ3) is 3.07. The highest BCUT2D eigenvalue weighted by Crippen LogP contribution is 2.25. The number of carboxylic acids is 1. The first-order chi connectivity index (χ1) is 8.90. The van der Waals surface area contributed by atoms with Crippen LogP contribution in [0.25, 0.3) is 0 Å². The molecule has 0 aromatic heterocycles. The van der Waals surface area contributed by atoms with Crippen LogP contribution in [0.15, 0.2) is 30.3 Å². The monoisotopic (exact) mass is 262 g/mol. The van der Waals surface area contributed by atoms with Gasteiger partial charge in [-0.05, 0) is 33.0 Å². The van der Waals surface area contributed by atoms with Crippen molar-refractivity contribution in [2.45, 2.75) is 19.4 Å². The Kier molecular flexibility index (Phi) is 3.80. The van der Waals surface area contributed by atoms with Crippen LogP contribution >= 0.6 is 0 Å². The van der Waals surface area contributed by atoms with Crippen LogP contribution in [-0.2, 0) is 4.79 Å². The van der Waals surface area contributed by atoms with Gasteiger partial charge in [0.2, 0.25) is 0 Å². The quantitative estimate of drug-likeness (QED) is 0.884. The third-order valence-corrected chi connectivity index (χ3v) is 4.02. The van der Waals surface area contributed by atoms with Gasteiger partial charge in [-0.15, -0.1) is 0 Å². The average Bonchev–Trinajstić information content (AvgIpc) is 2.48. The summed E-state index contributed by atoms with van der Waals surface area (Å²) >= 11 is 0. The second-order valence-electron chi connectivity index (χ2n) is 5.94. The number of nitrogens with zero attached hydrogens (tertiary/aromatic N) is 2. The van der Waals surface area contributed by atoms with Gasteiger partial charge in [-0.2, -0.15) is 0 Å². The van der Waals surface area contributed by atoms with Crippen LogP contribution in [-0.4, -0.2) is 48.2 Å². The molecule has 1 heterocycles. The summed E-state index contributed by atoms with van der Waals surface area (Å²) in [5.74, 6) is -1.07. The summed E-state index contributed by atoms with van der Waals surface area (Å²) in [4.78, 5) is 15.7. The molecule has 1 N–H and O–H groups in total. The minimum Gasteiger partial charge on any atom is -0.481 e. The van der Waals surface area contributed by atoms with Gasteiger partial charge in [0.15, 0.2) is 0 Å². The van der Waals surface area contributed by atoms with Crippen molar-refractivity contribution >= 4 is 11.7 Å². The number of hydrogen-bond acceptors (Lipinski definition) is 3. The Morgan fingerprint density at radius 1 is 1.26 bits per heavy atom. The van der Waals surface area contributed by atoms with Crippen molar-refractivity contribution in [1.29, 1.82) is 0 Å². The summed E-state index contributed by atoms with van der Waals surface area (Å²) in [5, 5.41) is 9.36. The molecule has 1 unspecified atom stereocenters. The molecule has 1 aliphatic heterocycles. The van der Waals surface area contributed by atoms with E-state index >= 15 is 0 Å². The van der Waals surface area contributed by atoms with Gasteiger partial charge in [0.25, 0.3) is 0 Å². The van der Waals surface area contributed by atoms with E-state index in [4.69, 9.17) is 0 Å². The van der Waals surface area contributed by atoms with Crippen molar-refractivity contribution < 1.29 is 9.90 Å². The molecule has 0 aliphatic carbocycles. The SMILES string of the molecule is CN1CC(C(=O)O)CN(c2ccccc2)CC1(C)C. The molecule has 2 rings (SSSR count). The molecule has 4 nitrogen and oxygen atoms in total. The van der Waals surface area contributed by atoms with Gasteiger partial charge in [-0.1, -0.05) is 18.2 Å². The summed E-state index contributed by atoms with van der Waals surface area (Å²) in [6.45, 7) is 6.30. The van der Waals surface area contributed by atoms with E-state index in [-0.39, 0.29) is 11.5 Å². The van der Waals surface area contributed by atoms with Gasteiger partial charge in [-0.3, -0.25) is 9.69 Å². The minimum absolute atomic E-state index is 0.0416. The Morgan fingerprint density at radius 2 is 1.89 bits per heavy atom. The molecule has 0 radical (unpaired) electrons. The first-order valence-corrected chi connectivity index (χ1v) is 6.64. The molecule has 0 saturated carbocycles. The van der Waals surface area contributed by atoms with Crippen molar-refractivity contribution in [3.8, 4) is 0 Å². The maximum atomic E-state index is 11.4. The second kappa shape index (κ2) is 5.21. The van der Waals surface area contributed by atoms with Crippen LogP contribution in [0, 0.1) is 5.92 Å². The molecule has 1 aromatic carbocycles. The van der Waals surface area contributed by atoms with Crippen LogP contribution in [0.1, 0.15) is 13.8 Å². The predicted molar refractivity (Wildman–Crippen MR) is 76.5 cm³/mol. The summed E-state index contributed by atoms with van der Waals surface area (Å²) in [7, 11) is 2.00. The molecular weight excluding hydrogens is 240 g/mol. The molecular formula is C15H22N2O2. The first-order valence-electron chi connectivity index (χ1n) is 6.64. The maximum absolute atomic E-state index is 11.4. The number of carbonyl (C=O) groups is 1. The fourth-order valence-corrected chi connectivity index (χ4v) is 2.55. The molecule has 1 saturated heterocycles. The smallest absolute Gasteiger partial charge is 0.309 e. The largest absolute Gasteiger partial charge is 0.481 e. The number of likely N-dealkylation sites (N-methyl/N-ethyl adjacent to an activating group) is 1. The molecule has 1 aliphatic rings.